The summed E-state index contributed by atoms with van der Waals surface area (Å²) in [4.78, 5) is 6.65. The molecule has 9 heteroatoms. The molecule has 3 rings (SSSR count). The zero-order valence-electron chi connectivity index (χ0n) is 16.2. The summed E-state index contributed by atoms with van der Waals surface area (Å²) in [5.74, 6) is 0.520. The van der Waals surface area contributed by atoms with Crippen LogP contribution in [0.4, 0.5) is 8.78 Å². The van der Waals surface area contributed by atoms with E-state index >= 15 is 0 Å². The Bertz CT molecular complexity index is 831. The molecule has 1 fully saturated rings. The lowest BCUT2D eigenvalue weighted by molar-refractivity contribution is 0.365. The maximum atomic E-state index is 14.0. The molecule has 0 saturated carbocycles. The lowest BCUT2D eigenvalue weighted by atomic mass is 9.99. The topological polar surface area (TPSA) is 61.8 Å². The van der Waals surface area contributed by atoms with Gasteiger partial charge in [-0.05, 0) is 41.9 Å². The number of guanidine groups is 1. The second-order valence-electron chi connectivity index (χ2n) is 7.90. The third-order valence-corrected chi connectivity index (χ3v) is 6.86. The van der Waals surface area contributed by atoms with Crippen LogP contribution in [0.25, 0.3) is 0 Å². The summed E-state index contributed by atoms with van der Waals surface area (Å²) < 4.78 is 50.9. The highest BCUT2D eigenvalue weighted by Gasteiger charge is 2.29. The van der Waals surface area contributed by atoms with Crippen LogP contribution >= 0.6 is 24.0 Å². The largest absolute Gasteiger partial charge is 0.356 e. The Morgan fingerprint density at radius 1 is 1.36 bits per heavy atom. The molecule has 0 spiro atoms. The van der Waals surface area contributed by atoms with Crippen LogP contribution in [-0.2, 0) is 22.8 Å². The molecule has 28 heavy (non-hydrogen) atoms. The van der Waals surface area contributed by atoms with Crippen molar-refractivity contribution in [2.45, 2.75) is 33.2 Å². The number of hydrogen-bond acceptors (Lipinski definition) is 3. The van der Waals surface area contributed by atoms with Gasteiger partial charge in [-0.1, -0.05) is 13.8 Å². The van der Waals surface area contributed by atoms with E-state index in [1.807, 2.05) is 4.90 Å². The van der Waals surface area contributed by atoms with Crippen molar-refractivity contribution < 1.29 is 17.2 Å². The van der Waals surface area contributed by atoms with E-state index in [0.29, 0.717) is 62.0 Å². The average molecular weight is 527 g/mol. The normalized spacial score (nSPS) is 21.4. The highest BCUT2D eigenvalue weighted by molar-refractivity contribution is 14.0. The van der Waals surface area contributed by atoms with Crippen LogP contribution in [-0.4, -0.2) is 50.4 Å². The van der Waals surface area contributed by atoms with Crippen LogP contribution in [0.2, 0.25) is 0 Å². The quantitative estimate of drug-likeness (QED) is 0.372. The van der Waals surface area contributed by atoms with Crippen LogP contribution in [0.1, 0.15) is 31.4 Å². The Morgan fingerprint density at radius 3 is 2.75 bits per heavy atom. The number of benzene rings is 1. The molecule has 5 nitrogen and oxygen atoms in total. The number of nitrogens with zero attached hydrogens (tertiary/aromatic N) is 2. The molecule has 2 heterocycles. The fourth-order valence-corrected chi connectivity index (χ4v) is 5.46. The van der Waals surface area contributed by atoms with Crippen LogP contribution in [0.3, 0.4) is 0 Å². The zero-order chi connectivity index (χ0) is 19.6. The summed E-state index contributed by atoms with van der Waals surface area (Å²) in [7, 11) is -2.92. The van der Waals surface area contributed by atoms with Crippen molar-refractivity contribution in [1.29, 1.82) is 0 Å². The van der Waals surface area contributed by atoms with Gasteiger partial charge in [0, 0.05) is 32.2 Å². The second-order valence-corrected chi connectivity index (χ2v) is 10.1. The van der Waals surface area contributed by atoms with E-state index in [4.69, 9.17) is 0 Å². The Kier molecular flexibility index (Phi) is 8.06. The van der Waals surface area contributed by atoms with E-state index in [-0.39, 0.29) is 41.4 Å². The molecule has 1 atom stereocenters. The van der Waals surface area contributed by atoms with Crippen LogP contribution < -0.4 is 5.32 Å². The molecule has 1 N–H and O–H groups in total. The van der Waals surface area contributed by atoms with E-state index in [1.54, 1.807) is 0 Å². The average Bonchev–Trinajstić information content (AvgIpc) is 2.93. The predicted octanol–water partition coefficient (Wildman–Crippen LogP) is 2.98. The van der Waals surface area contributed by atoms with Crippen molar-refractivity contribution in [3.8, 4) is 0 Å². The number of fused-ring (bicyclic) bond motifs is 1. The predicted molar refractivity (Wildman–Crippen MR) is 118 cm³/mol. The van der Waals surface area contributed by atoms with Gasteiger partial charge in [0.25, 0.3) is 0 Å². The van der Waals surface area contributed by atoms with Crippen molar-refractivity contribution >= 4 is 39.8 Å². The van der Waals surface area contributed by atoms with Gasteiger partial charge in [-0.2, -0.15) is 0 Å². The number of hydrogen-bond donors (Lipinski definition) is 1. The summed E-state index contributed by atoms with van der Waals surface area (Å²) in [6, 6.07) is 2.31. The standard InChI is InChI=1S/C19H27F2N3O2S.HI/c1-13(2)9-22-19(23-10-14-4-6-27(25,26)12-14)24-5-3-17-15(11-24)7-16(20)8-18(17)21;/h7-8,13-14H,3-6,9-12H2,1-2H3,(H,22,23);1H. The number of halogens is 3. The SMILES string of the molecule is CC(C)CN=C(NCC1CCS(=O)(=O)C1)N1CCc2c(F)cc(F)cc2C1.I. The number of sulfone groups is 1. The second kappa shape index (κ2) is 9.69. The van der Waals surface area contributed by atoms with Crippen molar-refractivity contribution in [3.63, 3.8) is 0 Å². The summed E-state index contributed by atoms with van der Waals surface area (Å²) >= 11 is 0. The molecular weight excluding hydrogens is 499 g/mol. The molecule has 1 unspecified atom stereocenters. The molecule has 1 saturated heterocycles. The van der Waals surface area contributed by atoms with E-state index in [9.17, 15) is 17.2 Å². The lowest BCUT2D eigenvalue weighted by Gasteiger charge is -2.32. The van der Waals surface area contributed by atoms with Gasteiger partial charge in [0.1, 0.15) is 11.6 Å². The minimum Gasteiger partial charge on any atom is -0.356 e. The lowest BCUT2D eigenvalue weighted by Crippen LogP contribution is -2.46. The summed E-state index contributed by atoms with van der Waals surface area (Å²) in [5.41, 5.74) is 1.21. The van der Waals surface area contributed by atoms with Gasteiger partial charge in [-0.15, -0.1) is 24.0 Å². The van der Waals surface area contributed by atoms with Gasteiger partial charge >= 0.3 is 0 Å². The maximum absolute atomic E-state index is 14.0. The van der Waals surface area contributed by atoms with Gasteiger partial charge in [0.15, 0.2) is 15.8 Å². The molecule has 0 radical (unpaired) electrons. The first-order valence-corrected chi connectivity index (χ1v) is 11.3. The molecule has 2 aliphatic heterocycles. The number of aliphatic imine (C=N–C) groups is 1. The summed E-state index contributed by atoms with van der Waals surface area (Å²) in [5, 5.41) is 3.31. The van der Waals surface area contributed by atoms with Crippen LogP contribution in [0.5, 0.6) is 0 Å². The summed E-state index contributed by atoms with van der Waals surface area (Å²) in [6.07, 6.45) is 1.15. The molecule has 0 amide bonds. The first-order valence-electron chi connectivity index (χ1n) is 9.44. The highest BCUT2D eigenvalue weighted by Crippen LogP contribution is 2.23. The van der Waals surface area contributed by atoms with Gasteiger partial charge in [0.2, 0.25) is 0 Å². The number of nitrogens with one attached hydrogen (secondary N) is 1. The van der Waals surface area contributed by atoms with Crippen molar-refractivity contribution in [3.05, 3.63) is 34.9 Å². The molecule has 0 bridgehead atoms. The van der Waals surface area contributed by atoms with Crippen molar-refractivity contribution in [1.82, 2.24) is 10.2 Å². The molecule has 1 aromatic rings. The Morgan fingerprint density at radius 2 is 2.11 bits per heavy atom. The molecular formula is C19H28F2IN3O2S. The zero-order valence-corrected chi connectivity index (χ0v) is 19.4. The summed E-state index contributed by atoms with van der Waals surface area (Å²) in [6.45, 7) is 6.28. The van der Waals surface area contributed by atoms with E-state index in [1.165, 1.54) is 6.07 Å². The Labute approximate surface area is 182 Å². The van der Waals surface area contributed by atoms with Gasteiger partial charge < -0.3 is 10.2 Å². The monoisotopic (exact) mass is 527 g/mol. The van der Waals surface area contributed by atoms with Crippen molar-refractivity contribution in [2.24, 2.45) is 16.8 Å². The Balaban J connectivity index is 0.00000280. The van der Waals surface area contributed by atoms with Crippen LogP contribution in [0, 0.1) is 23.5 Å². The first-order chi connectivity index (χ1) is 12.7. The molecule has 0 aliphatic carbocycles. The minimum absolute atomic E-state index is 0. The van der Waals surface area contributed by atoms with Gasteiger partial charge in [-0.25, -0.2) is 17.2 Å². The minimum atomic E-state index is -2.92. The first kappa shape index (κ1) is 23.3. The Hall–Kier alpha value is -0.970. The molecule has 2 aliphatic rings. The molecule has 1 aromatic carbocycles. The van der Waals surface area contributed by atoms with E-state index in [0.717, 1.165) is 6.07 Å². The highest BCUT2D eigenvalue weighted by atomic mass is 127. The number of rotatable bonds is 4. The smallest absolute Gasteiger partial charge is 0.194 e. The third-order valence-electron chi connectivity index (χ3n) is 5.03. The molecule has 158 valence electrons. The molecule has 0 aromatic heterocycles. The fraction of sp³-hybridized carbons (Fsp3) is 0.632. The van der Waals surface area contributed by atoms with Crippen molar-refractivity contribution in [2.75, 3.05) is 31.1 Å². The maximum Gasteiger partial charge on any atom is 0.194 e. The third kappa shape index (κ3) is 6.01. The van der Waals surface area contributed by atoms with E-state index in [2.05, 4.69) is 24.2 Å². The van der Waals surface area contributed by atoms with Gasteiger partial charge in [-0.3, -0.25) is 4.99 Å². The van der Waals surface area contributed by atoms with Crippen LogP contribution in [0.15, 0.2) is 17.1 Å². The fourth-order valence-electron chi connectivity index (χ4n) is 3.60. The van der Waals surface area contributed by atoms with E-state index < -0.39 is 21.5 Å². The van der Waals surface area contributed by atoms with Gasteiger partial charge in [0.05, 0.1) is 11.5 Å².